The van der Waals surface area contributed by atoms with E-state index in [0.717, 1.165) is 5.06 Å². The van der Waals surface area contributed by atoms with Gasteiger partial charge in [0, 0.05) is 27.2 Å². The number of anilines is 1. The first-order valence-electron chi connectivity index (χ1n) is 5.05. The average Bonchev–Trinajstić information content (AvgIpc) is 2.36. The monoisotopic (exact) mass is 239 g/mol. The van der Waals surface area contributed by atoms with Gasteiger partial charge < -0.3 is 9.64 Å². The number of carbonyl (C=O) groups is 1. The molecular weight excluding hydrogens is 222 g/mol. The molecule has 1 aromatic heterocycles. The van der Waals surface area contributed by atoms with E-state index < -0.39 is 0 Å². The van der Waals surface area contributed by atoms with Crippen LogP contribution >= 0.6 is 0 Å². The zero-order valence-electron chi connectivity index (χ0n) is 10.7. The molecule has 0 saturated carbocycles. The summed E-state index contributed by atoms with van der Waals surface area (Å²) in [7, 11) is 8.18. The van der Waals surface area contributed by atoms with Crippen molar-refractivity contribution in [2.45, 2.75) is 0 Å². The molecule has 0 aliphatic rings. The Morgan fingerprint density at radius 3 is 2.35 bits per heavy atom. The van der Waals surface area contributed by atoms with Gasteiger partial charge in [0.2, 0.25) is 5.88 Å². The largest absolute Gasteiger partial charge is 0.481 e. The molecule has 0 spiro atoms. The summed E-state index contributed by atoms with van der Waals surface area (Å²) >= 11 is 0. The minimum atomic E-state index is -0.253. The first kappa shape index (κ1) is 13.2. The minimum Gasteiger partial charge on any atom is -0.481 e. The van der Waals surface area contributed by atoms with E-state index in [1.54, 1.807) is 24.1 Å². The van der Waals surface area contributed by atoms with Crippen LogP contribution in [0.3, 0.4) is 0 Å². The third-order valence-corrected chi connectivity index (χ3v) is 2.26. The Kier molecular flexibility index (Phi) is 4.28. The van der Waals surface area contributed by atoms with Crippen molar-refractivity contribution >= 4 is 11.7 Å². The van der Waals surface area contributed by atoms with Gasteiger partial charge in [-0.2, -0.15) is 4.98 Å². The molecule has 1 heterocycles. The van der Waals surface area contributed by atoms with Crippen molar-refractivity contribution in [3.63, 3.8) is 0 Å². The Balaban J connectivity index is 3.15. The molecule has 0 fully saturated rings. The molecule has 0 aliphatic carbocycles. The average molecular weight is 239 g/mol. The highest BCUT2D eigenvalue weighted by atomic mass is 16.7. The van der Waals surface area contributed by atoms with Crippen molar-refractivity contribution in [1.82, 2.24) is 10.0 Å². The molecule has 0 aromatic carbocycles. The third-order valence-electron chi connectivity index (χ3n) is 2.26. The van der Waals surface area contributed by atoms with Crippen LogP contribution in [0.4, 0.5) is 5.82 Å². The van der Waals surface area contributed by atoms with Crippen LogP contribution < -0.4 is 9.64 Å². The molecule has 0 saturated heterocycles. The number of amides is 1. The van der Waals surface area contributed by atoms with Crippen molar-refractivity contribution in [3.8, 4) is 5.88 Å². The quantitative estimate of drug-likeness (QED) is 0.727. The van der Waals surface area contributed by atoms with Gasteiger partial charge in [-0.3, -0.25) is 9.63 Å². The van der Waals surface area contributed by atoms with Gasteiger partial charge in [-0.05, 0) is 6.07 Å². The first-order chi connectivity index (χ1) is 7.99. The Bertz CT molecular complexity index is 407. The van der Waals surface area contributed by atoms with Crippen LogP contribution in [0.25, 0.3) is 0 Å². The Morgan fingerprint density at radius 2 is 1.88 bits per heavy atom. The zero-order chi connectivity index (χ0) is 13.0. The second-order valence-electron chi connectivity index (χ2n) is 3.64. The maximum Gasteiger partial charge on any atom is 0.277 e. The molecule has 1 amide bonds. The molecule has 0 aliphatic heterocycles. The molecule has 0 unspecified atom stereocenters. The molecule has 17 heavy (non-hydrogen) atoms. The Hall–Kier alpha value is -1.82. The van der Waals surface area contributed by atoms with Crippen molar-refractivity contribution in [1.29, 1.82) is 0 Å². The van der Waals surface area contributed by atoms with E-state index in [9.17, 15) is 4.79 Å². The SMILES string of the molecule is COc1cc(C(=O)N(C)OC)cc(N(C)C)n1. The number of hydrogen-bond acceptors (Lipinski definition) is 5. The molecule has 0 bridgehead atoms. The number of aromatic nitrogens is 1. The summed E-state index contributed by atoms with van der Waals surface area (Å²) in [6, 6.07) is 3.26. The third kappa shape index (κ3) is 3.07. The van der Waals surface area contributed by atoms with E-state index >= 15 is 0 Å². The lowest BCUT2D eigenvalue weighted by Gasteiger charge is -2.17. The highest BCUT2D eigenvalue weighted by molar-refractivity contribution is 5.94. The molecule has 0 atom stereocenters. The standard InChI is InChI=1S/C11H17N3O3/c1-13(2)9-6-8(7-10(12-9)16-4)11(15)14(3)17-5/h6-7H,1-5H3. The van der Waals surface area contributed by atoms with Gasteiger partial charge in [-0.1, -0.05) is 0 Å². The molecule has 0 radical (unpaired) electrons. The van der Waals surface area contributed by atoms with Gasteiger partial charge in [-0.25, -0.2) is 5.06 Å². The van der Waals surface area contributed by atoms with Gasteiger partial charge in [0.15, 0.2) is 0 Å². The number of ether oxygens (including phenoxy) is 1. The van der Waals surface area contributed by atoms with Crippen molar-refractivity contribution in [2.75, 3.05) is 40.3 Å². The molecule has 1 rings (SSSR count). The topological polar surface area (TPSA) is 54.9 Å². The Labute approximate surface area is 101 Å². The molecule has 0 N–H and O–H groups in total. The van der Waals surface area contributed by atoms with E-state index in [0.29, 0.717) is 17.3 Å². The number of carbonyl (C=O) groups excluding carboxylic acids is 1. The van der Waals surface area contributed by atoms with Gasteiger partial charge in [0.05, 0.1) is 19.8 Å². The summed E-state index contributed by atoms with van der Waals surface area (Å²) in [5, 5.41) is 1.15. The van der Waals surface area contributed by atoms with Gasteiger partial charge >= 0.3 is 0 Å². The number of nitrogens with zero attached hydrogens (tertiary/aromatic N) is 3. The van der Waals surface area contributed by atoms with Crippen LogP contribution in [0, 0.1) is 0 Å². The van der Waals surface area contributed by atoms with Crippen molar-refractivity contribution in [3.05, 3.63) is 17.7 Å². The van der Waals surface area contributed by atoms with Crippen LogP contribution in [-0.4, -0.2) is 51.3 Å². The van der Waals surface area contributed by atoms with Gasteiger partial charge in [-0.15, -0.1) is 0 Å². The van der Waals surface area contributed by atoms with Gasteiger partial charge in [0.25, 0.3) is 5.91 Å². The number of hydrogen-bond donors (Lipinski definition) is 0. The highest BCUT2D eigenvalue weighted by Crippen LogP contribution is 2.18. The molecule has 94 valence electrons. The second-order valence-corrected chi connectivity index (χ2v) is 3.64. The fourth-order valence-corrected chi connectivity index (χ4v) is 1.21. The normalized spacial score (nSPS) is 9.94. The van der Waals surface area contributed by atoms with Crippen LogP contribution in [0.2, 0.25) is 0 Å². The lowest BCUT2D eigenvalue weighted by atomic mass is 10.2. The predicted molar refractivity (Wildman–Crippen MR) is 64.2 cm³/mol. The van der Waals surface area contributed by atoms with Crippen molar-refractivity contribution < 1.29 is 14.4 Å². The number of pyridine rings is 1. The van der Waals surface area contributed by atoms with Gasteiger partial charge in [0.1, 0.15) is 5.82 Å². The summed E-state index contributed by atoms with van der Waals surface area (Å²) in [6.45, 7) is 0. The number of rotatable bonds is 4. The molecular formula is C11H17N3O3. The smallest absolute Gasteiger partial charge is 0.277 e. The fourth-order valence-electron chi connectivity index (χ4n) is 1.21. The summed E-state index contributed by atoms with van der Waals surface area (Å²) in [5.41, 5.74) is 0.463. The first-order valence-corrected chi connectivity index (χ1v) is 5.05. The van der Waals surface area contributed by atoms with Crippen LogP contribution in [0.15, 0.2) is 12.1 Å². The summed E-state index contributed by atoms with van der Waals surface area (Å²) in [4.78, 5) is 22.8. The molecule has 6 heteroatoms. The molecule has 1 aromatic rings. The maximum atomic E-state index is 11.9. The zero-order valence-corrected chi connectivity index (χ0v) is 10.7. The van der Waals surface area contributed by atoms with E-state index in [1.807, 2.05) is 14.1 Å². The van der Waals surface area contributed by atoms with Crippen LogP contribution in [-0.2, 0) is 4.84 Å². The van der Waals surface area contributed by atoms with E-state index in [4.69, 9.17) is 9.57 Å². The van der Waals surface area contributed by atoms with Crippen molar-refractivity contribution in [2.24, 2.45) is 0 Å². The minimum absolute atomic E-state index is 0.253. The lowest BCUT2D eigenvalue weighted by Crippen LogP contribution is -2.26. The van der Waals surface area contributed by atoms with Crippen LogP contribution in [0.1, 0.15) is 10.4 Å². The fraction of sp³-hybridized carbons (Fsp3) is 0.455. The number of hydroxylamine groups is 2. The van der Waals surface area contributed by atoms with Crippen LogP contribution in [0.5, 0.6) is 5.88 Å². The lowest BCUT2D eigenvalue weighted by molar-refractivity contribution is -0.0757. The summed E-state index contributed by atoms with van der Waals surface area (Å²) in [5.74, 6) is 0.789. The summed E-state index contributed by atoms with van der Waals surface area (Å²) in [6.07, 6.45) is 0. The van der Waals surface area contributed by atoms with E-state index in [1.165, 1.54) is 14.2 Å². The van der Waals surface area contributed by atoms with E-state index in [-0.39, 0.29) is 5.91 Å². The predicted octanol–water partition coefficient (Wildman–Crippen LogP) is 0.790. The highest BCUT2D eigenvalue weighted by Gasteiger charge is 2.15. The second kappa shape index (κ2) is 5.49. The van der Waals surface area contributed by atoms with E-state index in [2.05, 4.69) is 4.98 Å². The Morgan fingerprint density at radius 1 is 1.24 bits per heavy atom. The molecule has 6 nitrogen and oxygen atoms in total. The maximum absolute atomic E-state index is 11.9. The number of methoxy groups -OCH3 is 1. The summed E-state index contributed by atoms with van der Waals surface area (Å²) < 4.78 is 5.06.